The fraction of sp³-hybridized carbons (Fsp3) is 0.538. The van der Waals surface area contributed by atoms with Crippen molar-refractivity contribution in [1.82, 2.24) is 0 Å². The first-order chi connectivity index (χ1) is 8.10. The van der Waals surface area contributed by atoms with Crippen LogP contribution >= 0.6 is 0 Å². The molecule has 0 saturated heterocycles. The molecule has 1 atom stereocenters. The van der Waals surface area contributed by atoms with Crippen LogP contribution in [0.5, 0.6) is 0 Å². The van der Waals surface area contributed by atoms with Crippen molar-refractivity contribution < 1.29 is 13.5 Å². The van der Waals surface area contributed by atoms with Crippen molar-refractivity contribution in [3.63, 3.8) is 0 Å². The van der Waals surface area contributed by atoms with Crippen LogP contribution in [0.25, 0.3) is 0 Å². The molecule has 2 N–H and O–H groups in total. The van der Waals surface area contributed by atoms with Crippen molar-refractivity contribution in [3.8, 4) is 0 Å². The van der Waals surface area contributed by atoms with Crippen LogP contribution in [-0.4, -0.2) is 12.7 Å². The minimum absolute atomic E-state index is 0.203. The number of halogens is 2. The van der Waals surface area contributed by atoms with E-state index in [0.29, 0.717) is 0 Å². The van der Waals surface area contributed by atoms with Crippen molar-refractivity contribution in [3.05, 3.63) is 35.4 Å². The third-order valence-corrected chi connectivity index (χ3v) is 3.74. The van der Waals surface area contributed by atoms with Gasteiger partial charge in [0, 0.05) is 12.7 Å². The van der Waals surface area contributed by atoms with E-state index in [2.05, 4.69) is 0 Å². The second-order valence-electron chi connectivity index (χ2n) is 4.60. The van der Waals surface area contributed by atoms with Crippen LogP contribution < -0.4 is 5.73 Å². The summed E-state index contributed by atoms with van der Waals surface area (Å²) in [6, 6.07) is 3.49. The van der Waals surface area contributed by atoms with Crippen LogP contribution in [0.15, 0.2) is 18.2 Å². The molecular formula is C13H17F2NO. The first-order valence-electron chi connectivity index (χ1n) is 5.85. The molecule has 1 aromatic rings. The molecule has 2 nitrogen and oxygen atoms in total. The molecule has 1 saturated carbocycles. The van der Waals surface area contributed by atoms with Crippen LogP contribution in [0.4, 0.5) is 8.78 Å². The molecule has 1 aliphatic rings. The summed E-state index contributed by atoms with van der Waals surface area (Å²) in [5.74, 6) is -1.72. The third-order valence-electron chi connectivity index (χ3n) is 3.74. The van der Waals surface area contributed by atoms with Crippen molar-refractivity contribution in [2.45, 2.75) is 37.3 Å². The van der Waals surface area contributed by atoms with Gasteiger partial charge in [0.25, 0.3) is 0 Å². The quantitative estimate of drug-likeness (QED) is 0.883. The summed E-state index contributed by atoms with van der Waals surface area (Å²) >= 11 is 0. The summed E-state index contributed by atoms with van der Waals surface area (Å²) in [7, 11) is 1.59. The third kappa shape index (κ3) is 2.07. The molecule has 1 fully saturated rings. The monoisotopic (exact) mass is 241 g/mol. The second-order valence-corrected chi connectivity index (χ2v) is 4.60. The van der Waals surface area contributed by atoms with Gasteiger partial charge in [0.1, 0.15) is 0 Å². The molecule has 0 bridgehead atoms. The standard InChI is InChI=1S/C13H17F2NO/c1-17-13(7-2-3-8-13)12(16)9-5-4-6-10(14)11(9)15/h4-6,12H,2-3,7-8,16H2,1H3. The molecule has 2 rings (SSSR count). The van der Waals surface area contributed by atoms with Crippen molar-refractivity contribution in [2.24, 2.45) is 5.73 Å². The Morgan fingerprint density at radius 3 is 2.53 bits per heavy atom. The number of rotatable bonds is 3. The van der Waals surface area contributed by atoms with E-state index in [9.17, 15) is 8.78 Å². The highest BCUT2D eigenvalue weighted by Gasteiger charge is 2.41. The van der Waals surface area contributed by atoms with Crippen molar-refractivity contribution in [2.75, 3.05) is 7.11 Å². The van der Waals surface area contributed by atoms with Gasteiger partial charge in [0.2, 0.25) is 0 Å². The van der Waals surface area contributed by atoms with Gasteiger partial charge in [-0.25, -0.2) is 8.78 Å². The SMILES string of the molecule is COC1(C(N)c2cccc(F)c2F)CCCC1. The molecule has 1 aromatic carbocycles. The summed E-state index contributed by atoms with van der Waals surface area (Å²) in [6.07, 6.45) is 3.61. The minimum Gasteiger partial charge on any atom is -0.376 e. The topological polar surface area (TPSA) is 35.2 Å². The van der Waals surface area contributed by atoms with Gasteiger partial charge in [-0.2, -0.15) is 0 Å². The van der Waals surface area contributed by atoms with Crippen molar-refractivity contribution in [1.29, 1.82) is 0 Å². The average Bonchev–Trinajstić information content (AvgIpc) is 2.82. The molecule has 0 amide bonds. The van der Waals surface area contributed by atoms with Crippen molar-refractivity contribution >= 4 is 0 Å². The van der Waals surface area contributed by atoms with Gasteiger partial charge >= 0.3 is 0 Å². The fourth-order valence-corrected chi connectivity index (χ4v) is 2.66. The summed E-state index contributed by atoms with van der Waals surface area (Å²) in [6.45, 7) is 0. The molecule has 0 aliphatic heterocycles. The van der Waals surface area contributed by atoms with Gasteiger partial charge in [-0.05, 0) is 18.9 Å². The van der Waals surface area contributed by atoms with Gasteiger partial charge in [0.05, 0.1) is 11.6 Å². The molecular weight excluding hydrogens is 224 g/mol. The number of hydrogen-bond acceptors (Lipinski definition) is 2. The Morgan fingerprint density at radius 1 is 1.29 bits per heavy atom. The first kappa shape index (κ1) is 12.5. The molecule has 1 unspecified atom stereocenters. The lowest BCUT2D eigenvalue weighted by molar-refractivity contribution is -0.0273. The fourth-order valence-electron chi connectivity index (χ4n) is 2.66. The smallest absolute Gasteiger partial charge is 0.163 e. The van der Waals surface area contributed by atoms with E-state index in [4.69, 9.17) is 10.5 Å². The first-order valence-corrected chi connectivity index (χ1v) is 5.85. The second kappa shape index (κ2) is 4.70. The highest BCUT2D eigenvalue weighted by molar-refractivity contribution is 5.25. The number of hydrogen-bond donors (Lipinski definition) is 1. The Balaban J connectivity index is 2.35. The zero-order chi connectivity index (χ0) is 12.5. The van der Waals surface area contributed by atoms with Gasteiger partial charge in [-0.3, -0.25) is 0 Å². The van der Waals surface area contributed by atoms with Gasteiger partial charge < -0.3 is 10.5 Å². The number of benzene rings is 1. The van der Waals surface area contributed by atoms with Gasteiger partial charge in [0.15, 0.2) is 11.6 Å². The molecule has 4 heteroatoms. The lowest BCUT2D eigenvalue weighted by atomic mass is 9.87. The summed E-state index contributed by atoms with van der Waals surface area (Å²) in [4.78, 5) is 0. The van der Waals surface area contributed by atoms with E-state index in [1.807, 2.05) is 0 Å². The Kier molecular flexibility index (Phi) is 3.45. The number of methoxy groups -OCH3 is 1. The Bertz CT molecular complexity index is 402. The van der Waals surface area contributed by atoms with Gasteiger partial charge in [-0.15, -0.1) is 0 Å². The maximum absolute atomic E-state index is 13.7. The normalized spacial score (nSPS) is 20.5. The maximum atomic E-state index is 13.7. The molecule has 1 aliphatic carbocycles. The van der Waals surface area contributed by atoms with Crippen LogP contribution in [0.1, 0.15) is 37.3 Å². The predicted molar refractivity (Wildman–Crippen MR) is 61.5 cm³/mol. The highest BCUT2D eigenvalue weighted by Crippen LogP contribution is 2.41. The molecule has 0 aromatic heterocycles. The molecule has 0 spiro atoms. The van der Waals surface area contributed by atoms with Crippen LogP contribution in [0.2, 0.25) is 0 Å². The Hall–Kier alpha value is -1.00. The van der Waals surface area contributed by atoms with E-state index in [1.54, 1.807) is 7.11 Å². The number of ether oxygens (including phenoxy) is 1. The zero-order valence-corrected chi connectivity index (χ0v) is 9.88. The predicted octanol–water partition coefficient (Wildman–Crippen LogP) is 2.92. The minimum atomic E-state index is -0.859. The summed E-state index contributed by atoms with van der Waals surface area (Å²) in [5.41, 5.74) is 5.74. The average molecular weight is 241 g/mol. The van der Waals surface area contributed by atoms with E-state index >= 15 is 0 Å². The van der Waals surface area contributed by atoms with E-state index < -0.39 is 23.3 Å². The van der Waals surface area contributed by atoms with Crippen LogP contribution in [0.3, 0.4) is 0 Å². The molecule has 0 radical (unpaired) electrons. The lowest BCUT2D eigenvalue weighted by Crippen LogP contribution is -2.41. The largest absolute Gasteiger partial charge is 0.376 e. The summed E-state index contributed by atoms with van der Waals surface area (Å²) < 4.78 is 32.4. The molecule has 0 heterocycles. The molecule has 94 valence electrons. The van der Waals surface area contributed by atoms with E-state index in [1.165, 1.54) is 12.1 Å². The lowest BCUT2D eigenvalue weighted by Gasteiger charge is -2.34. The van der Waals surface area contributed by atoms with Crippen LogP contribution in [-0.2, 0) is 4.74 Å². The van der Waals surface area contributed by atoms with E-state index in [-0.39, 0.29) is 5.56 Å². The van der Waals surface area contributed by atoms with Crippen LogP contribution in [0, 0.1) is 11.6 Å². The number of nitrogens with two attached hydrogens (primary N) is 1. The zero-order valence-electron chi connectivity index (χ0n) is 9.88. The molecule has 17 heavy (non-hydrogen) atoms. The Morgan fingerprint density at radius 2 is 1.94 bits per heavy atom. The highest BCUT2D eigenvalue weighted by atomic mass is 19.2. The van der Waals surface area contributed by atoms with E-state index in [0.717, 1.165) is 31.7 Å². The summed E-state index contributed by atoms with van der Waals surface area (Å²) in [5, 5.41) is 0. The van der Waals surface area contributed by atoms with Gasteiger partial charge in [-0.1, -0.05) is 25.0 Å². The maximum Gasteiger partial charge on any atom is 0.163 e. The Labute approximate surface area is 99.8 Å².